The van der Waals surface area contributed by atoms with Crippen LogP contribution < -0.4 is 4.74 Å². The third-order valence-corrected chi connectivity index (χ3v) is 5.42. The minimum absolute atomic E-state index is 0.0333. The van der Waals surface area contributed by atoms with Crippen LogP contribution in [-0.4, -0.2) is 70.9 Å². The number of phenolic OH excluding ortho intramolecular Hbond substituents is 1. The molecule has 10 nitrogen and oxygen atoms in total. The first-order valence-corrected chi connectivity index (χ1v) is 10.2. The number of hydrogen-bond donors (Lipinski definition) is 2. The minimum Gasteiger partial charge on any atom is -0.507 e. The number of amides is 1. The average molecular weight is 455 g/mol. The maximum absolute atomic E-state index is 13.0. The number of phenols is 1. The zero-order valence-electron chi connectivity index (χ0n) is 18.5. The Kier molecular flexibility index (Phi) is 6.98. The summed E-state index contributed by atoms with van der Waals surface area (Å²) in [5.41, 5.74) is 0.0588. The topological polar surface area (TPSA) is 133 Å². The van der Waals surface area contributed by atoms with Crippen molar-refractivity contribution >= 4 is 23.1 Å². The first kappa shape index (κ1) is 23.7. The quantitative estimate of drug-likeness (QED) is 0.204. The number of carbonyl (C=O) groups excluding carboxylic acids is 2. The van der Waals surface area contributed by atoms with Crippen LogP contribution in [0.2, 0.25) is 0 Å². The summed E-state index contributed by atoms with van der Waals surface area (Å²) in [5.74, 6) is -2.19. The molecular formula is C23H25N3O7. The molecule has 0 unspecified atom stereocenters. The van der Waals surface area contributed by atoms with Crippen LogP contribution in [-0.2, 0) is 9.59 Å². The van der Waals surface area contributed by atoms with E-state index < -0.39 is 28.4 Å². The Labute approximate surface area is 190 Å². The third kappa shape index (κ3) is 4.80. The molecule has 1 saturated heterocycles. The molecule has 1 aliphatic rings. The van der Waals surface area contributed by atoms with Crippen molar-refractivity contribution in [2.24, 2.45) is 0 Å². The van der Waals surface area contributed by atoms with Crippen molar-refractivity contribution in [3.63, 3.8) is 0 Å². The van der Waals surface area contributed by atoms with Gasteiger partial charge >= 0.3 is 0 Å². The second-order valence-electron chi connectivity index (χ2n) is 7.88. The van der Waals surface area contributed by atoms with Gasteiger partial charge in [0.15, 0.2) is 0 Å². The normalized spacial score (nSPS) is 17.6. The van der Waals surface area contributed by atoms with Crippen LogP contribution in [0.1, 0.15) is 23.6 Å². The number of aliphatic hydroxyl groups excluding tert-OH is 1. The number of nitro benzene ring substituents is 1. The van der Waals surface area contributed by atoms with Gasteiger partial charge < -0.3 is 24.7 Å². The maximum atomic E-state index is 13.0. The van der Waals surface area contributed by atoms with E-state index in [2.05, 4.69) is 0 Å². The summed E-state index contributed by atoms with van der Waals surface area (Å²) in [6.45, 7) is 0.894. The smallest absolute Gasteiger partial charge is 0.295 e. The Morgan fingerprint density at radius 3 is 2.39 bits per heavy atom. The van der Waals surface area contributed by atoms with Gasteiger partial charge in [-0.2, -0.15) is 0 Å². The Morgan fingerprint density at radius 2 is 1.85 bits per heavy atom. The van der Waals surface area contributed by atoms with Crippen molar-refractivity contribution in [2.45, 2.75) is 12.5 Å². The van der Waals surface area contributed by atoms with Gasteiger partial charge in [-0.05, 0) is 56.9 Å². The number of aromatic hydroxyl groups is 1. The fourth-order valence-electron chi connectivity index (χ4n) is 3.78. The molecule has 174 valence electrons. The molecule has 10 heteroatoms. The summed E-state index contributed by atoms with van der Waals surface area (Å²) in [5, 5.41) is 32.4. The van der Waals surface area contributed by atoms with Crippen LogP contribution in [0.5, 0.6) is 11.5 Å². The number of hydrogen-bond acceptors (Lipinski definition) is 8. The molecule has 1 atom stereocenters. The van der Waals surface area contributed by atoms with Crippen LogP contribution in [0.15, 0.2) is 48.0 Å². The zero-order valence-corrected chi connectivity index (χ0v) is 18.5. The molecule has 0 spiro atoms. The van der Waals surface area contributed by atoms with E-state index in [9.17, 15) is 29.9 Å². The van der Waals surface area contributed by atoms with E-state index in [4.69, 9.17) is 4.74 Å². The molecule has 2 aromatic rings. The molecule has 2 N–H and O–H groups in total. The van der Waals surface area contributed by atoms with Gasteiger partial charge in [-0.15, -0.1) is 0 Å². The predicted octanol–water partition coefficient (Wildman–Crippen LogP) is 2.68. The van der Waals surface area contributed by atoms with Gasteiger partial charge in [0.25, 0.3) is 17.4 Å². The zero-order chi connectivity index (χ0) is 24.3. The van der Waals surface area contributed by atoms with Gasteiger partial charge in [-0.3, -0.25) is 19.7 Å². The maximum Gasteiger partial charge on any atom is 0.295 e. The van der Waals surface area contributed by atoms with E-state index in [0.717, 1.165) is 0 Å². The molecule has 0 radical (unpaired) electrons. The van der Waals surface area contributed by atoms with Crippen LogP contribution in [0, 0.1) is 10.1 Å². The lowest BCUT2D eigenvalue weighted by atomic mass is 9.94. The Hall–Kier alpha value is -3.92. The fourth-order valence-corrected chi connectivity index (χ4v) is 3.78. The summed E-state index contributed by atoms with van der Waals surface area (Å²) in [4.78, 5) is 39.7. The van der Waals surface area contributed by atoms with E-state index in [0.29, 0.717) is 24.3 Å². The summed E-state index contributed by atoms with van der Waals surface area (Å²) in [6, 6.07) is 8.67. The molecular weight excluding hydrogens is 430 g/mol. The summed E-state index contributed by atoms with van der Waals surface area (Å²) >= 11 is 0. The fraction of sp³-hybridized carbons (Fsp3) is 0.304. The van der Waals surface area contributed by atoms with Gasteiger partial charge in [-0.25, -0.2) is 0 Å². The van der Waals surface area contributed by atoms with Crippen molar-refractivity contribution < 1.29 is 29.5 Å². The number of likely N-dealkylation sites (tertiary alicyclic amines) is 1. The number of ether oxygens (including phenoxy) is 1. The highest BCUT2D eigenvalue weighted by molar-refractivity contribution is 6.46. The van der Waals surface area contributed by atoms with E-state index in [1.807, 2.05) is 19.0 Å². The number of methoxy groups -OCH3 is 1. The average Bonchev–Trinajstić information content (AvgIpc) is 3.03. The number of nitro groups is 1. The van der Waals surface area contributed by atoms with Crippen molar-refractivity contribution in [3.8, 4) is 11.5 Å². The molecule has 0 bridgehead atoms. The molecule has 1 amide bonds. The Bertz CT molecular complexity index is 1110. The van der Waals surface area contributed by atoms with Crippen molar-refractivity contribution in [3.05, 3.63) is 69.3 Å². The van der Waals surface area contributed by atoms with Gasteiger partial charge in [0.05, 0.1) is 29.2 Å². The molecule has 1 heterocycles. The lowest BCUT2D eigenvalue weighted by Crippen LogP contribution is -2.32. The second kappa shape index (κ2) is 9.70. The number of Topliss-reactive ketones (excluding diaryl/α,β-unsaturated/α-hetero) is 1. The molecule has 2 aromatic carbocycles. The lowest BCUT2D eigenvalue weighted by Gasteiger charge is -2.26. The monoisotopic (exact) mass is 455 g/mol. The van der Waals surface area contributed by atoms with Crippen LogP contribution in [0.4, 0.5) is 5.69 Å². The summed E-state index contributed by atoms with van der Waals surface area (Å²) in [6.07, 6.45) is 0.567. The first-order valence-electron chi connectivity index (χ1n) is 10.2. The van der Waals surface area contributed by atoms with E-state index in [1.165, 1.54) is 54.5 Å². The molecule has 33 heavy (non-hydrogen) atoms. The molecule has 3 rings (SSSR count). The Morgan fingerprint density at radius 1 is 1.18 bits per heavy atom. The van der Waals surface area contributed by atoms with Crippen LogP contribution >= 0.6 is 0 Å². The van der Waals surface area contributed by atoms with Gasteiger partial charge in [-0.1, -0.05) is 0 Å². The van der Waals surface area contributed by atoms with Crippen molar-refractivity contribution in [2.75, 3.05) is 34.3 Å². The first-order chi connectivity index (χ1) is 15.6. The van der Waals surface area contributed by atoms with Gasteiger partial charge in [0.1, 0.15) is 17.3 Å². The van der Waals surface area contributed by atoms with Crippen LogP contribution in [0.25, 0.3) is 5.76 Å². The summed E-state index contributed by atoms with van der Waals surface area (Å²) < 4.78 is 5.05. The summed E-state index contributed by atoms with van der Waals surface area (Å²) in [7, 11) is 5.19. The molecule has 1 aliphatic heterocycles. The number of benzene rings is 2. The standard InChI is InChI=1S/C23H25N3O7/c1-24(2)11-4-12-25-20(14-5-7-15(8-6-14)26(31)32)19(22(29)23(25)30)21(28)17-10-9-16(33-3)13-18(17)27/h5-10,13,20,27-28H,4,11-12H2,1-3H3/t20-/m1/s1. The molecule has 0 saturated carbocycles. The van der Waals surface area contributed by atoms with E-state index >= 15 is 0 Å². The van der Waals surface area contributed by atoms with Crippen molar-refractivity contribution in [1.82, 2.24) is 9.80 Å². The lowest BCUT2D eigenvalue weighted by molar-refractivity contribution is -0.384. The van der Waals surface area contributed by atoms with E-state index in [1.54, 1.807) is 0 Å². The third-order valence-electron chi connectivity index (χ3n) is 5.42. The molecule has 0 aromatic heterocycles. The Balaban J connectivity index is 2.12. The largest absolute Gasteiger partial charge is 0.507 e. The molecule has 0 aliphatic carbocycles. The van der Waals surface area contributed by atoms with Gasteiger partial charge in [0, 0.05) is 24.7 Å². The van der Waals surface area contributed by atoms with E-state index in [-0.39, 0.29) is 29.1 Å². The highest BCUT2D eigenvalue weighted by atomic mass is 16.6. The minimum atomic E-state index is -0.963. The number of nitrogens with zero attached hydrogens (tertiary/aromatic N) is 3. The SMILES string of the molecule is COc1ccc(C(O)=C2C(=O)C(=O)N(CCCN(C)C)[C@@H]2c2ccc([N+](=O)[O-])cc2)c(O)c1. The highest BCUT2D eigenvalue weighted by Crippen LogP contribution is 2.41. The van der Waals surface area contributed by atoms with Crippen molar-refractivity contribution in [1.29, 1.82) is 0 Å². The second-order valence-corrected chi connectivity index (χ2v) is 7.88. The number of rotatable bonds is 8. The van der Waals surface area contributed by atoms with Gasteiger partial charge in [0.2, 0.25) is 0 Å². The number of aliphatic hydroxyl groups is 1. The number of non-ortho nitro benzene ring substituents is 1. The molecule has 1 fully saturated rings. The van der Waals surface area contributed by atoms with Crippen LogP contribution in [0.3, 0.4) is 0 Å². The number of ketones is 1. The highest BCUT2D eigenvalue weighted by Gasteiger charge is 2.46. The predicted molar refractivity (Wildman–Crippen MR) is 120 cm³/mol. The number of carbonyl (C=O) groups is 2.